The second-order valence-electron chi connectivity index (χ2n) is 4.04. The fraction of sp³-hybridized carbons (Fsp3) is 0.286. The molecule has 0 aliphatic heterocycles. The van der Waals surface area contributed by atoms with Gasteiger partial charge in [0.15, 0.2) is 11.5 Å². The lowest BCUT2D eigenvalue weighted by Crippen LogP contribution is -2.03. The Bertz CT molecular complexity index is 546. The molecule has 1 aromatic carbocycles. The van der Waals surface area contributed by atoms with Gasteiger partial charge < -0.3 is 4.74 Å². The Balaban J connectivity index is 2.31. The highest BCUT2D eigenvalue weighted by molar-refractivity contribution is 5.97. The Morgan fingerprint density at radius 2 is 2.17 bits per heavy atom. The molecule has 0 aliphatic carbocycles. The highest BCUT2D eigenvalue weighted by Crippen LogP contribution is 2.18. The normalized spacial score (nSPS) is 10.3. The van der Waals surface area contributed by atoms with Crippen LogP contribution in [0.5, 0.6) is 5.75 Å². The molecule has 4 heteroatoms. The van der Waals surface area contributed by atoms with Gasteiger partial charge in [-0.2, -0.15) is 5.10 Å². The molecule has 0 fully saturated rings. The topological polar surface area (TPSA) is 44.1 Å². The van der Waals surface area contributed by atoms with Crippen LogP contribution in [0.2, 0.25) is 0 Å². The summed E-state index contributed by atoms with van der Waals surface area (Å²) in [6.45, 7) is 4.27. The maximum absolute atomic E-state index is 11.5. The van der Waals surface area contributed by atoms with Crippen LogP contribution in [0, 0.1) is 0 Å². The van der Waals surface area contributed by atoms with Gasteiger partial charge in [-0.05, 0) is 25.5 Å². The van der Waals surface area contributed by atoms with Gasteiger partial charge in [0.2, 0.25) is 0 Å². The molecule has 2 rings (SSSR count). The van der Waals surface area contributed by atoms with Crippen molar-refractivity contribution in [1.29, 1.82) is 0 Å². The number of ether oxygens (including phenoxy) is 1. The quantitative estimate of drug-likeness (QED) is 0.760. The summed E-state index contributed by atoms with van der Waals surface area (Å²) in [6.07, 6.45) is 4.40. The Morgan fingerprint density at radius 1 is 1.39 bits per heavy atom. The molecular weight excluding hydrogens is 228 g/mol. The summed E-state index contributed by atoms with van der Waals surface area (Å²) >= 11 is 0. The van der Waals surface area contributed by atoms with Gasteiger partial charge >= 0.3 is 0 Å². The van der Waals surface area contributed by atoms with E-state index in [2.05, 4.69) is 12.0 Å². The Labute approximate surface area is 106 Å². The van der Waals surface area contributed by atoms with Crippen molar-refractivity contribution in [2.24, 2.45) is 0 Å². The van der Waals surface area contributed by atoms with E-state index in [1.54, 1.807) is 30.1 Å². The van der Waals surface area contributed by atoms with Crippen LogP contribution >= 0.6 is 0 Å². The van der Waals surface area contributed by atoms with Crippen molar-refractivity contribution in [2.75, 3.05) is 6.61 Å². The maximum Gasteiger partial charge on any atom is 0.161 e. The van der Waals surface area contributed by atoms with Gasteiger partial charge in [0.25, 0.3) is 0 Å². The largest absolute Gasteiger partial charge is 0.490 e. The number of para-hydroxylation sites is 1. The molecule has 4 nitrogen and oxygen atoms in total. The van der Waals surface area contributed by atoms with Gasteiger partial charge in [0.05, 0.1) is 24.7 Å². The molecule has 0 atom stereocenters. The van der Waals surface area contributed by atoms with Gasteiger partial charge in [-0.25, -0.2) is 4.68 Å². The molecular formula is C14H16N2O2. The molecule has 0 radical (unpaired) electrons. The molecule has 0 saturated heterocycles. The van der Waals surface area contributed by atoms with Gasteiger partial charge in [0, 0.05) is 5.56 Å². The van der Waals surface area contributed by atoms with Crippen molar-refractivity contribution in [3.05, 3.63) is 42.2 Å². The summed E-state index contributed by atoms with van der Waals surface area (Å²) in [5, 5.41) is 4.22. The first-order valence-electron chi connectivity index (χ1n) is 6.00. The van der Waals surface area contributed by atoms with Crippen molar-refractivity contribution in [1.82, 2.24) is 9.78 Å². The standard InChI is InChI=1S/C14H16N2O2/c1-3-8-18-12-9-15-16(10-12)14-7-5-4-6-13(14)11(2)17/h4-7,9-10H,3,8H2,1-2H3. The molecule has 1 heterocycles. The Morgan fingerprint density at radius 3 is 2.89 bits per heavy atom. The highest BCUT2D eigenvalue weighted by Gasteiger charge is 2.09. The number of hydrogen-bond donors (Lipinski definition) is 0. The second kappa shape index (κ2) is 5.49. The summed E-state index contributed by atoms with van der Waals surface area (Å²) < 4.78 is 7.16. The molecule has 0 amide bonds. The van der Waals surface area contributed by atoms with Crippen molar-refractivity contribution >= 4 is 5.78 Å². The monoisotopic (exact) mass is 244 g/mol. The van der Waals surface area contributed by atoms with Crippen LogP contribution in [-0.2, 0) is 0 Å². The van der Waals surface area contributed by atoms with Crippen LogP contribution in [0.1, 0.15) is 30.6 Å². The summed E-state index contributed by atoms with van der Waals surface area (Å²) in [5.41, 5.74) is 1.43. The third-order valence-electron chi connectivity index (χ3n) is 2.56. The molecule has 0 saturated carbocycles. The van der Waals surface area contributed by atoms with E-state index < -0.39 is 0 Å². The first-order valence-corrected chi connectivity index (χ1v) is 6.00. The van der Waals surface area contributed by atoms with Crippen LogP contribution in [-0.4, -0.2) is 22.2 Å². The van der Waals surface area contributed by atoms with E-state index in [-0.39, 0.29) is 5.78 Å². The van der Waals surface area contributed by atoms with Crippen LogP contribution in [0.15, 0.2) is 36.7 Å². The predicted octanol–water partition coefficient (Wildman–Crippen LogP) is 2.86. The highest BCUT2D eigenvalue weighted by atomic mass is 16.5. The average Bonchev–Trinajstić information content (AvgIpc) is 2.85. The fourth-order valence-electron chi connectivity index (χ4n) is 1.70. The van der Waals surface area contributed by atoms with E-state index in [9.17, 15) is 4.79 Å². The van der Waals surface area contributed by atoms with Crippen molar-refractivity contribution in [2.45, 2.75) is 20.3 Å². The predicted molar refractivity (Wildman–Crippen MR) is 69.4 cm³/mol. The van der Waals surface area contributed by atoms with E-state index >= 15 is 0 Å². The van der Waals surface area contributed by atoms with Crippen LogP contribution < -0.4 is 4.74 Å². The molecule has 0 aliphatic rings. The summed E-state index contributed by atoms with van der Waals surface area (Å²) in [7, 11) is 0. The van der Waals surface area contributed by atoms with E-state index in [1.807, 2.05) is 18.2 Å². The molecule has 1 aromatic heterocycles. The second-order valence-corrected chi connectivity index (χ2v) is 4.04. The zero-order valence-electron chi connectivity index (χ0n) is 10.6. The Kier molecular flexibility index (Phi) is 3.77. The van der Waals surface area contributed by atoms with Crippen LogP contribution in [0.3, 0.4) is 0 Å². The number of benzene rings is 1. The number of carbonyl (C=O) groups is 1. The molecule has 18 heavy (non-hydrogen) atoms. The van der Waals surface area contributed by atoms with Crippen molar-refractivity contribution in [3.8, 4) is 11.4 Å². The third-order valence-corrected chi connectivity index (χ3v) is 2.56. The fourth-order valence-corrected chi connectivity index (χ4v) is 1.70. The summed E-state index contributed by atoms with van der Waals surface area (Å²) in [6, 6.07) is 7.40. The lowest BCUT2D eigenvalue weighted by molar-refractivity contribution is 0.101. The molecule has 94 valence electrons. The van der Waals surface area contributed by atoms with Crippen molar-refractivity contribution in [3.63, 3.8) is 0 Å². The molecule has 2 aromatic rings. The SMILES string of the molecule is CCCOc1cnn(-c2ccccc2C(C)=O)c1. The number of hydrogen-bond acceptors (Lipinski definition) is 3. The lowest BCUT2D eigenvalue weighted by Gasteiger charge is -2.06. The molecule has 0 unspecified atom stereocenters. The third kappa shape index (κ3) is 2.59. The molecule has 0 bridgehead atoms. The van der Waals surface area contributed by atoms with E-state index in [0.29, 0.717) is 12.2 Å². The number of aromatic nitrogens is 2. The minimum Gasteiger partial charge on any atom is -0.490 e. The summed E-state index contributed by atoms with van der Waals surface area (Å²) in [5.74, 6) is 0.743. The number of ketones is 1. The Hall–Kier alpha value is -2.10. The minimum absolute atomic E-state index is 0.0251. The first kappa shape index (κ1) is 12.4. The first-order chi connectivity index (χ1) is 8.72. The van der Waals surface area contributed by atoms with E-state index in [4.69, 9.17) is 4.74 Å². The number of rotatable bonds is 5. The lowest BCUT2D eigenvalue weighted by atomic mass is 10.1. The zero-order valence-corrected chi connectivity index (χ0v) is 10.6. The number of carbonyl (C=O) groups excluding carboxylic acids is 1. The van der Waals surface area contributed by atoms with Gasteiger partial charge in [-0.3, -0.25) is 4.79 Å². The van der Waals surface area contributed by atoms with Gasteiger partial charge in [-0.1, -0.05) is 19.1 Å². The van der Waals surface area contributed by atoms with E-state index in [0.717, 1.165) is 17.9 Å². The van der Waals surface area contributed by atoms with Crippen LogP contribution in [0.4, 0.5) is 0 Å². The van der Waals surface area contributed by atoms with Gasteiger partial charge in [-0.15, -0.1) is 0 Å². The van der Waals surface area contributed by atoms with E-state index in [1.165, 1.54) is 0 Å². The smallest absolute Gasteiger partial charge is 0.161 e. The number of nitrogens with zero attached hydrogens (tertiary/aromatic N) is 2. The van der Waals surface area contributed by atoms with Crippen LogP contribution in [0.25, 0.3) is 5.69 Å². The molecule has 0 N–H and O–H groups in total. The van der Waals surface area contributed by atoms with Crippen molar-refractivity contribution < 1.29 is 9.53 Å². The number of Topliss-reactive ketones (excluding diaryl/α,β-unsaturated/α-hetero) is 1. The van der Waals surface area contributed by atoms with Gasteiger partial charge in [0.1, 0.15) is 0 Å². The summed E-state index contributed by atoms with van der Waals surface area (Å²) in [4.78, 5) is 11.5. The molecule has 0 spiro atoms. The average molecular weight is 244 g/mol. The minimum atomic E-state index is 0.0251. The maximum atomic E-state index is 11.5. The zero-order chi connectivity index (χ0) is 13.0.